The first-order valence-corrected chi connectivity index (χ1v) is 6.61. The molecule has 104 valence electrons. The molecule has 0 aliphatic carbocycles. The molecule has 1 fully saturated rings. The third-order valence-electron chi connectivity index (χ3n) is 3.45. The molecular weight excluding hydrogens is 242 g/mol. The number of ether oxygens (including phenoxy) is 1. The van der Waals surface area contributed by atoms with Crippen LogP contribution >= 0.6 is 0 Å². The predicted molar refractivity (Wildman–Crippen MR) is 76.3 cm³/mol. The minimum absolute atomic E-state index is 0.134. The molecule has 2 atom stereocenters. The average Bonchev–Trinajstić information content (AvgIpc) is 2.94. The van der Waals surface area contributed by atoms with Crippen LogP contribution in [0, 0.1) is 0 Å². The zero-order valence-corrected chi connectivity index (χ0v) is 11.4. The topological polar surface area (TPSA) is 76.4 Å². The van der Waals surface area contributed by atoms with E-state index in [-0.39, 0.29) is 18.1 Å². The number of nitrogen functional groups attached to an aromatic ring is 1. The highest BCUT2D eigenvalue weighted by molar-refractivity contribution is 5.95. The van der Waals surface area contributed by atoms with Crippen molar-refractivity contribution in [1.29, 1.82) is 0 Å². The van der Waals surface area contributed by atoms with Gasteiger partial charge in [0.1, 0.15) is 0 Å². The molecule has 0 aromatic heterocycles. The molecule has 5 heteroatoms. The molecule has 1 aromatic rings. The molecule has 1 aromatic carbocycles. The summed E-state index contributed by atoms with van der Waals surface area (Å²) in [5, 5.41) is 5.93. The molecule has 4 N–H and O–H groups in total. The van der Waals surface area contributed by atoms with E-state index in [0.29, 0.717) is 11.3 Å². The molecular formula is C14H21N3O2. The first kappa shape index (κ1) is 13.7. The van der Waals surface area contributed by atoms with Crippen LogP contribution < -0.4 is 16.4 Å². The van der Waals surface area contributed by atoms with Gasteiger partial charge in [0.25, 0.3) is 5.91 Å². The lowest BCUT2D eigenvalue weighted by atomic mass is 10.1. The Balaban J connectivity index is 2.06. The Morgan fingerprint density at radius 3 is 2.89 bits per heavy atom. The Morgan fingerprint density at radius 1 is 1.53 bits per heavy atom. The van der Waals surface area contributed by atoms with Crippen LogP contribution in [0.25, 0.3) is 0 Å². The Kier molecular flexibility index (Phi) is 4.27. The summed E-state index contributed by atoms with van der Waals surface area (Å²) in [5.41, 5.74) is 7.96. The van der Waals surface area contributed by atoms with Gasteiger partial charge >= 0.3 is 0 Å². The van der Waals surface area contributed by atoms with Gasteiger partial charge in [-0.3, -0.25) is 4.79 Å². The SMILES string of the molecule is CNC(=O)c1ccc(NC(C)C2CCCO2)c(N)c1. The minimum Gasteiger partial charge on any atom is -0.397 e. The number of nitrogens with two attached hydrogens (primary N) is 1. The molecule has 1 heterocycles. The van der Waals surface area contributed by atoms with E-state index in [9.17, 15) is 4.79 Å². The van der Waals surface area contributed by atoms with Gasteiger partial charge in [0.05, 0.1) is 17.5 Å². The van der Waals surface area contributed by atoms with Crippen molar-refractivity contribution in [3.63, 3.8) is 0 Å². The van der Waals surface area contributed by atoms with Crippen LogP contribution in [0.15, 0.2) is 18.2 Å². The zero-order valence-electron chi connectivity index (χ0n) is 11.4. The molecule has 19 heavy (non-hydrogen) atoms. The second kappa shape index (κ2) is 5.93. The Hall–Kier alpha value is -1.75. The first-order chi connectivity index (χ1) is 9.11. The fraction of sp³-hybridized carbons (Fsp3) is 0.500. The van der Waals surface area contributed by atoms with Gasteiger partial charge < -0.3 is 21.1 Å². The second-order valence-electron chi connectivity index (χ2n) is 4.87. The Bertz CT molecular complexity index is 456. The van der Waals surface area contributed by atoms with E-state index in [4.69, 9.17) is 10.5 Å². The van der Waals surface area contributed by atoms with Crippen LogP contribution in [-0.4, -0.2) is 31.7 Å². The molecule has 0 bridgehead atoms. The van der Waals surface area contributed by atoms with Crippen LogP contribution in [0.4, 0.5) is 11.4 Å². The van der Waals surface area contributed by atoms with Crippen LogP contribution in [-0.2, 0) is 4.74 Å². The summed E-state index contributed by atoms with van der Waals surface area (Å²) in [4.78, 5) is 11.5. The van der Waals surface area contributed by atoms with E-state index in [0.717, 1.165) is 25.1 Å². The normalized spacial score (nSPS) is 20.0. The lowest BCUT2D eigenvalue weighted by Gasteiger charge is -2.22. The molecule has 0 spiro atoms. The number of carbonyl (C=O) groups is 1. The van der Waals surface area contributed by atoms with E-state index in [1.165, 1.54) is 0 Å². The van der Waals surface area contributed by atoms with Gasteiger partial charge in [-0.15, -0.1) is 0 Å². The Labute approximate surface area is 113 Å². The maximum Gasteiger partial charge on any atom is 0.251 e. The van der Waals surface area contributed by atoms with Gasteiger partial charge in [-0.1, -0.05) is 0 Å². The van der Waals surface area contributed by atoms with Gasteiger partial charge in [0.2, 0.25) is 0 Å². The van der Waals surface area contributed by atoms with E-state index < -0.39 is 0 Å². The second-order valence-corrected chi connectivity index (χ2v) is 4.87. The van der Waals surface area contributed by atoms with E-state index >= 15 is 0 Å². The van der Waals surface area contributed by atoms with E-state index in [1.54, 1.807) is 19.2 Å². The summed E-state index contributed by atoms with van der Waals surface area (Å²) in [7, 11) is 1.60. The largest absolute Gasteiger partial charge is 0.397 e. The third-order valence-corrected chi connectivity index (χ3v) is 3.45. The maximum atomic E-state index is 11.5. The van der Waals surface area contributed by atoms with E-state index in [1.807, 2.05) is 6.07 Å². The van der Waals surface area contributed by atoms with Crippen molar-refractivity contribution in [3.8, 4) is 0 Å². The Morgan fingerprint density at radius 2 is 2.32 bits per heavy atom. The summed E-state index contributed by atoms with van der Waals surface area (Å²) in [6.07, 6.45) is 2.42. The number of anilines is 2. The molecule has 2 rings (SSSR count). The summed E-state index contributed by atoms with van der Waals surface area (Å²) < 4.78 is 5.64. The number of rotatable bonds is 4. The van der Waals surface area contributed by atoms with Crippen LogP contribution in [0.5, 0.6) is 0 Å². The number of nitrogens with one attached hydrogen (secondary N) is 2. The number of hydrogen-bond acceptors (Lipinski definition) is 4. The molecule has 1 saturated heterocycles. The number of benzene rings is 1. The highest BCUT2D eigenvalue weighted by Gasteiger charge is 2.22. The van der Waals surface area contributed by atoms with Gasteiger partial charge in [-0.2, -0.15) is 0 Å². The zero-order chi connectivity index (χ0) is 13.8. The molecule has 1 aliphatic heterocycles. The third kappa shape index (κ3) is 3.17. The fourth-order valence-electron chi connectivity index (χ4n) is 2.31. The molecule has 1 amide bonds. The van der Waals surface area contributed by atoms with Crippen LogP contribution in [0.3, 0.4) is 0 Å². The molecule has 2 unspecified atom stereocenters. The van der Waals surface area contributed by atoms with Crippen LogP contribution in [0.2, 0.25) is 0 Å². The number of amides is 1. The van der Waals surface area contributed by atoms with Crippen LogP contribution in [0.1, 0.15) is 30.1 Å². The first-order valence-electron chi connectivity index (χ1n) is 6.61. The highest BCUT2D eigenvalue weighted by Crippen LogP contribution is 2.24. The molecule has 0 radical (unpaired) electrons. The minimum atomic E-state index is -0.134. The summed E-state index contributed by atoms with van der Waals surface area (Å²) in [6, 6.07) is 5.49. The van der Waals surface area contributed by atoms with Crippen molar-refractivity contribution in [1.82, 2.24) is 5.32 Å². The van der Waals surface area contributed by atoms with Crippen molar-refractivity contribution >= 4 is 17.3 Å². The molecule has 5 nitrogen and oxygen atoms in total. The van der Waals surface area contributed by atoms with Crippen molar-refractivity contribution in [2.45, 2.75) is 31.9 Å². The molecule has 1 aliphatic rings. The monoisotopic (exact) mass is 263 g/mol. The van der Waals surface area contributed by atoms with Gasteiger partial charge in [-0.05, 0) is 38.0 Å². The van der Waals surface area contributed by atoms with Gasteiger partial charge in [-0.25, -0.2) is 0 Å². The smallest absolute Gasteiger partial charge is 0.251 e. The fourth-order valence-corrected chi connectivity index (χ4v) is 2.31. The quantitative estimate of drug-likeness (QED) is 0.721. The standard InChI is InChI=1S/C14H21N3O2/c1-9(13-4-3-7-19-13)17-12-6-5-10(8-11(12)15)14(18)16-2/h5-6,8-9,13,17H,3-4,7,15H2,1-2H3,(H,16,18). The lowest BCUT2D eigenvalue weighted by Crippen LogP contribution is -2.30. The number of carbonyl (C=O) groups excluding carboxylic acids is 1. The van der Waals surface area contributed by atoms with Gasteiger partial charge in [0, 0.05) is 25.3 Å². The van der Waals surface area contributed by atoms with Crippen molar-refractivity contribution in [2.24, 2.45) is 0 Å². The summed E-state index contributed by atoms with van der Waals surface area (Å²) >= 11 is 0. The summed E-state index contributed by atoms with van der Waals surface area (Å²) in [5.74, 6) is -0.134. The van der Waals surface area contributed by atoms with E-state index in [2.05, 4.69) is 17.6 Å². The average molecular weight is 263 g/mol. The van der Waals surface area contributed by atoms with Crippen molar-refractivity contribution in [3.05, 3.63) is 23.8 Å². The van der Waals surface area contributed by atoms with Crippen molar-refractivity contribution < 1.29 is 9.53 Å². The lowest BCUT2D eigenvalue weighted by molar-refractivity contribution is 0.0962. The summed E-state index contributed by atoms with van der Waals surface area (Å²) in [6.45, 7) is 2.92. The van der Waals surface area contributed by atoms with Crippen molar-refractivity contribution in [2.75, 3.05) is 24.7 Å². The number of hydrogen-bond donors (Lipinski definition) is 3. The highest BCUT2D eigenvalue weighted by atomic mass is 16.5. The molecule has 0 saturated carbocycles. The predicted octanol–water partition coefficient (Wildman–Crippen LogP) is 1.61. The maximum absolute atomic E-state index is 11.5. The van der Waals surface area contributed by atoms with Gasteiger partial charge in [0.15, 0.2) is 0 Å².